The molecule has 2 aromatic carbocycles. The van der Waals surface area contributed by atoms with Gasteiger partial charge in [-0.2, -0.15) is 0 Å². The molecule has 8 heteroatoms. The van der Waals surface area contributed by atoms with E-state index in [-0.39, 0.29) is 38.8 Å². The molecule has 0 saturated carbocycles. The molecular weight excluding hydrogens is 405 g/mol. The van der Waals surface area contributed by atoms with E-state index in [0.29, 0.717) is 28.9 Å². The van der Waals surface area contributed by atoms with Crippen molar-refractivity contribution in [2.24, 2.45) is 0 Å². The maximum absolute atomic E-state index is 12.1. The Labute approximate surface area is 174 Å². The molecule has 2 N–H and O–H groups in total. The van der Waals surface area contributed by atoms with Crippen LogP contribution in [0.5, 0.6) is 0 Å². The minimum Gasteiger partial charge on any atom is -0.463 e. The normalized spacial score (nSPS) is 10.7. The van der Waals surface area contributed by atoms with Crippen LogP contribution in [0.25, 0.3) is 0 Å². The van der Waals surface area contributed by atoms with Gasteiger partial charge in [-0.05, 0) is 23.8 Å². The van der Waals surface area contributed by atoms with Crippen LogP contribution in [0.15, 0.2) is 42.5 Å². The number of hydrogen-bond donors (Lipinski definition) is 2. The minimum absolute atomic E-state index is 0.0172. The van der Waals surface area contributed by atoms with Gasteiger partial charge >= 0.3 is 5.97 Å². The summed E-state index contributed by atoms with van der Waals surface area (Å²) in [6.45, 7) is 1.47. The van der Waals surface area contributed by atoms with Crippen LogP contribution in [0.3, 0.4) is 0 Å². The van der Waals surface area contributed by atoms with E-state index in [4.69, 9.17) is 42.5 Å². The lowest BCUT2D eigenvalue weighted by atomic mass is 10.1. The number of aliphatic hydroxyl groups excluding tert-OH is 1. The SMILES string of the molecule is O=C(Cc1ccccc1Nc1c(Cl)cccc1Cl)OCCOCCOCCO. The highest BCUT2D eigenvalue weighted by atomic mass is 35.5. The lowest BCUT2D eigenvalue weighted by Crippen LogP contribution is -2.15. The number of halogens is 2. The molecule has 0 bridgehead atoms. The fourth-order valence-corrected chi connectivity index (χ4v) is 2.85. The van der Waals surface area contributed by atoms with Gasteiger partial charge in [0, 0.05) is 5.69 Å². The first kappa shape index (κ1) is 22.5. The second kappa shape index (κ2) is 12.6. The Morgan fingerprint density at radius 1 is 0.893 bits per heavy atom. The third-order valence-corrected chi connectivity index (χ3v) is 4.30. The van der Waals surface area contributed by atoms with E-state index in [2.05, 4.69) is 5.32 Å². The largest absolute Gasteiger partial charge is 0.463 e. The first-order valence-electron chi connectivity index (χ1n) is 8.82. The van der Waals surface area contributed by atoms with Crippen LogP contribution < -0.4 is 5.32 Å². The summed E-state index contributed by atoms with van der Waals surface area (Å²) >= 11 is 12.4. The predicted octanol–water partition coefficient (Wildman–Crippen LogP) is 3.85. The quantitative estimate of drug-likeness (QED) is 0.395. The summed E-state index contributed by atoms with van der Waals surface area (Å²) < 4.78 is 15.5. The van der Waals surface area contributed by atoms with Crippen molar-refractivity contribution in [3.8, 4) is 0 Å². The highest BCUT2D eigenvalue weighted by Gasteiger charge is 2.12. The number of anilines is 2. The standard InChI is InChI=1S/C20H23Cl2NO5/c21-16-5-3-6-17(22)20(16)23-18-7-2-1-4-15(18)14-19(25)28-13-12-27-11-10-26-9-8-24/h1-7,23-24H,8-14H2. The number of esters is 1. The van der Waals surface area contributed by atoms with Gasteiger partial charge in [-0.15, -0.1) is 0 Å². The molecule has 0 aliphatic rings. The van der Waals surface area contributed by atoms with E-state index in [0.717, 1.165) is 11.3 Å². The first-order chi connectivity index (χ1) is 13.6. The molecule has 2 rings (SSSR count). The van der Waals surface area contributed by atoms with Gasteiger partial charge in [-0.25, -0.2) is 0 Å². The minimum atomic E-state index is -0.361. The molecule has 0 heterocycles. The predicted molar refractivity (Wildman–Crippen MR) is 110 cm³/mol. The molecule has 0 saturated heterocycles. The Morgan fingerprint density at radius 2 is 1.54 bits per heavy atom. The van der Waals surface area contributed by atoms with E-state index in [1.165, 1.54) is 0 Å². The van der Waals surface area contributed by atoms with Gasteiger partial charge in [0.1, 0.15) is 6.61 Å². The number of carbonyl (C=O) groups is 1. The number of benzene rings is 2. The Morgan fingerprint density at radius 3 is 2.25 bits per heavy atom. The van der Waals surface area contributed by atoms with Gasteiger partial charge in [0.05, 0.1) is 55.2 Å². The van der Waals surface area contributed by atoms with Gasteiger partial charge in [0.2, 0.25) is 0 Å². The fourth-order valence-electron chi connectivity index (χ4n) is 2.36. The summed E-state index contributed by atoms with van der Waals surface area (Å²) in [5.74, 6) is -0.361. The molecule has 28 heavy (non-hydrogen) atoms. The molecule has 0 atom stereocenters. The number of ether oxygens (including phenoxy) is 3. The van der Waals surface area contributed by atoms with Crippen molar-refractivity contribution in [1.82, 2.24) is 0 Å². The van der Waals surface area contributed by atoms with Crippen molar-refractivity contribution in [2.75, 3.05) is 45.0 Å². The van der Waals surface area contributed by atoms with Crippen molar-refractivity contribution >= 4 is 40.5 Å². The van der Waals surface area contributed by atoms with Crippen LogP contribution in [0.2, 0.25) is 10.0 Å². The summed E-state index contributed by atoms with van der Waals surface area (Å²) in [7, 11) is 0. The highest BCUT2D eigenvalue weighted by molar-refractivity contribution is 6.39. The molecule has 0 amide bonds. The van der Waals surface area contributed by atoms with Crippen molar-refractivity contribution in [3.63, 3.8) is 0 Å². The van der Waals surface area contributed by atoms with E-state index in [9.17, 15) is 4.79 Å². The summed E-state index contributed by atoms with van der Waals surface area (Å²) in [5, 5.41) is 12.7. The smallest absolute Gasteiger partial charge is 0.310 e. The van der Waals surface area contributed by atoms with E-state index >= 15 is 0 Å². The van der Waals surface area contributed by atoms with Gasteiger partial charge in [-0.3, -0.25) is 4.79 Å². The topological polar surface area (TPSA) is 77.0 Å². The summed E-state index contributed by atoms with van der Waals surface area (Å²) in [6, 6.07) is 12.6. The molecule has 0 aromatic heterocycles. The van der Waals surface area contributed by atoms with Crippen LogP contribution in [-0.4, -0.2) is 50.7 Å². The molecule has 0 spiro atoms. The summed E-state index contributed by atoms with van der Waals surface area (Å²) in [6.07, 6.45) is 0.102. The van der Waals surface area contributed by atoms with Crippen LogP contribution in [0.4, 0.5) is 11.4 Å². The van der Waals surface area contributed by atoms with Gasteiger partial charge in [0.15, 0.2) is 0 Å². The molecule has 0 fully saturated rings. The number of rotatable bonds is 12. The molecule has 6 nitrogen and oxygen atoms in total. The van der Waals surface area contributed by atoms with Crippen LogP contribution in [-0.2, 0) is 25.4 Å². The first-order valence-corrected chi connectivity index (χ1v) is 9.58. The van der Waals surface area contributed by atoms with Crippen molar-refractivity contribution in [1.29, 1.82) is 0 Å². The molecule has 0 radical (unpaired) electrons. The lowest BCUT2D eigenvalue weighted by Gasteiger charge is -2.14. The summed E-state index contributed by atoms with van der Waals surface area (Å²) in [4.78, 5) is 12.1. The monoisotopic (exact) mass is 427 g/mol. The number of para-hydroxylation sites is 2. The van der Waals surface area contributed by atoms with Crippen molar-refractivity contribution in [3.05, 3.63) is 58.1 Å². The Balaban J connectivity index is 1.82. The average Bonchev–Trinajstić information content (AvgIpc) is 2.68. The van der Waals surface area contributed by atoms with Crippen molar-refractivity contribution in [2.45, 2.75) is 6.42 Å². The summed E-state index contributed by atoms with van der Waals surface area (Å²) in [5.41, 5.74) is 2.08. The van der Waals surface area contributed by atoms with E-state index in [1.807, 2.05) is 24.3 Å². The molecule has 0 aliphatic heterocycles. The molecule has 0 aliphatic carbocycles. The van der Waals surface area contributed by atoms with Gasteiger partial charge in [-0.1, -0.05) is 47.5 Å². The number of hydrogen-bond acceptors (Lipinski definition) is 6. The molecule has 2 aromatic rings. The van der Waals surface area contributed by atoms with Crippen molar-refractivity contribution < 1.29 is 24.1 Å². The zero-order valence-electron chi connectivity index (χ0n) is 15.3. The zero-order valence-corrected chi connectivity index (χ0v) is 16.8. The molecular formula is C20H23Cl2NO5. The zero-order chi connectivity index (χ0) is 20.2. The van der Waals surface area contributed by atoms with Gasteiger partial charge < -0.3 is 24.6 Å². The molecule has 152 valence electrons. The lowest BCUT2D eigenvalue weighted by molar-refractivity contribution is -0.144. The Kier molecular flexibility index (Phi) is 10.1. The Hall–Kier alpha value is -1.83. The Bertz CT molecular complexity index is 737. The third-order valence-electron chi connectivity index (χ3n) is 3.67. The maximum atomic E-state index is 12.1. The van der Waals surface area contributed by atoms with Crippen LogP contribution in [0.1, 0.15) is 5.56 Å². The van der Waals surface area contributed by atoms with Gasteiger partial charge in [0.25, 0.3) is 0 Å². The second-order valence-corrected chi connectivity index (χ2v) is 6.54. The van der Waals surface area contributed by atoms with Crippen LogP contribution >= 0.6 is 23.2 Å². The molecule has 0 unspecified atom stereocenters. The number of nitrogens with one attached hydrogen (secondary N) is 1. The highest BCUT2D eigenvalue weighted by Crippen LogP contribution is 2.33. The third kappa shape index (κ3) is 7.66. The van der Waals surface area contributed by atoms with E-state index in [1.54, 1.807) is 18.2 Å². The number of aliphatic hydroxyl groups is 1. The number of carbonyl (C=O) groups excluding carboxylic acids is 1. The van der Waals surface area contributed by atoms with Crippen LogP contribution in [0, 0.1) is 0 Å². The average molecular weight is 428 g/mol. The second-order valence-electron chi connectivity index (χ2n) is 5.72. The maximum Gasteiger partial charge on any atom is 0.310 e. The fraction of sp³-hybridized carbons (Fsp3) is 0.350. The van der Waals surface area contributed by atoms with E-state index < -0.39 is 0 Å².